The first-order chi connectivity index (χ1) is 6.00. The minimum atomic E-state index is -2.53. The van der Waals surface area contributed by atoms with Gasteiger partial charge in [-0.1, -0.05) is 0 Å². The molecular weight excluding hydrogens is 176 g/mol. The molecule has 5 heteroatoms. The number of guanidine groups is 1. The third-order valence-electron chi connectivity index (χ3n) is 3.17. The van der Waals surface area contributed by atoms with E-state index in [9.17, 15) is 8.78 Å². The molecule has 0 aromatic rings. The van der Waals surface area contributed by atoms with Gasteiger partial charge >= 0.3 is 0 Å². The summed E-state index contributed by atoms with van der Waals surface area (Å²) in [4.78, 5) is 1.54. The van der Waals surface area contributed by atoms with Gasteiger partial charge in [0.15, 0.2) is 5.96 Å². The van der Waals surface area contributed by atoms with Gasteiger partial charge in [-0.05, 0) is 12.3 Å². The molecule has 0 aromatic heterocycles. The highest BCUT2D eigenvalue weighted by molar-refractivity contribution is 5.75. The Morgan fingerprint density at radius 1 is 1.46 bits per heavy atom. The van der Waals surface area contributed by atoms with Crippen molar-refractivity contribution in [1.82, 2.24) is 4.90 Å². The maximum atomic E-state index is 13.2. The fourth-order valence-electron chi connectivity index (χ4n) is 2.40. The molecule has 3 N–H and O–H groups in total. The number of hydrogen-bond donors (Lipinski definition) is 2. The van der Waals surface area contributed by atoms with Crippen molar-refractivity contribution in [2.24, 2.45) is 17.6 Å². The van der Waals surface area contributed by atoms with E-state index in [1.165, 1.54) is 0 Å². The predicted molar refractivity (Wildman–Crippen MR) is 44.6 cm³/mol. The molecular formula is C8H13F2N3. The van der Waals surface area contributed by atoms with E-state index >= 15 is 0 Å². The number of halogens is 2. The average Bonchev–Trinajstić information content (AvgIpc) is 2.53. The molecule has 0 bridgehead atoms. The fourth-order valence-corrected chi connectivity index (χ4v) is 2.40. The Hall–Kier alpha value is -0.870. The summed E-state index contributed by atoms with van der Waals surface area (Å²) < 4.78 is 26.4. The summed E-state index contributed by atoms with van der Waals surface area (Å²) in [5.41, 5.74) is 5.25. The molecule has 1 aliphatic carbocycles. The summed E-state index contributed by atoms with van der Waals surface area (Å²) in [5, 5.41) is 7.16. The predicted octanol–water partition coefficient (Wildman–Crippen LogP) is 0.857. The lowest BCUT2D eigenvalue weighted by Crippen LogP contribution is -2.37. The Morgan fingerprint density at radius 3 is 2.69 bits per heavy atom. The molecule has 0 amide bonds. The van der Waals surface area contributed by atoms with Crippen molar-refractivity contribution >= 4 is 5.96 Å². The van der Waals surface area contributed by atoms with E-state index in [1.54, 1.807) is 4.90 Å². The summed E-state index contributed by atoms with van der Waals surface area (Å²) >= 11 is 0. The van der Waals surface area contributed by atoms with Gasteiger partial charge in [-0.25, -0.2) is 8.78 Å². The molecule has 0 unspecified atom stereocenters. The number of nitrogens with two attached hydrogens (primary N) is 1. The Labute approximate surface area is 75.4 Å². The average molecular weight is 189 g/mol. The van der Waals surface area contributed by atoms with Gasteiger partial charge in [0, 0.05) is 25.4 Å². The van der Waals surface area contributed by atoms with E-state index in [0.717, 1.165) is 0 Å². The first-order valence-corrected chi connectivity index (χ1v) is 4.47. The van der Waals surface area contributed by atoms with Crippen molar-refractivity contribution in [2.45, 2.75) is 18.8 Å². The molecule has 2 rings (SSSR count). The van der Waals surface area contributed by atoms with Crippen LogP contribution in [-0.2, 0) is 0 Å². The summed E-state index contributed by atoms with van der Waals surface area (Å²) in [6.45, 7) is 0.794. The van der Waals surface area contributed by atoms with Gasteiger partial charge < -0.3 is 10.6 Å². The summed E-state index contributed by atoms with van der Waals surface area (Å²) in [6, 6.07) is 0. The topological polar surface area (TPSA) is 53.1 Å². The van der Waals surface area contributed by atoms with Crippen LogP contribution in [0.3, 0.4) is 0 Å². The highest BCUT2D eigenvalue weighted by Crippen LogP contribution is 2.47. The maximum Gasteiger partial charge on any atom is 0.252 e. The van der Waals surface area contributed by atoms with Gasteiger partial charge in [0.25, 0.3) is 5.92 Å². The Balaban J connectivity index is 2.10. The molecule has 2 atom stereocenters. The molecule has 0 spiro atoms. The van der Waals surface area contributed by atoms with Crippen molar-refractivity contribution in [1.29, 1.82) is 5.41 Å². The van der Waals surface area contributed by atoms with Crippen LogP contribution in [-0.4, -0.2) is 29.9 Å². The summed E-state index contributed by atoms with van der Waals surface area (Å²) in [7, 11) is 0. The van der Waals surface area contributed by atoms with E-state index in [4.69, 9.17) is 11.1 Å². The zero-order chi connectivity index (χ0) is 9.64. The molecule has 3 nitrogen and oxygen atoms in total. The molecule has 1 saturated carbocycles. The SMILES string of the molecule is N=C(N)N1C[C@H]2CCC(F)(F)[C@@H]2C1. The van der Waals surface area contributed by atoms with Crippen molar-refractivity contribution in [3.8, 4) is 0 Å². The van der Waals surface area contributed by atoms with E-state index in [2.05, 4.69) is 0 Å². The second-order valence-corrected chi connectivity index (χ2v) is 3.96. The monoisotopic (exact) mass is 189 g/mol. The minimum absolute atomic E-state index is 0.00801. The third kappa shape index (κ3) is 1.26. The van der Waals surface area contributed by atoms with E-state index < -0.39 is 11.8 Å². The van der Waals surface area contributed by atoms with Gasteiger partial charge in [0.1, 0.15) is 0 Å². The molecule has 0 aromatic carbocycles. The molecule has 1 heterocycles. The third-order valence-corrected chi connectivity index (χ3v) is 3.17. The highest BCUT2D eigenvalue weighted by Gasteiger charge is 2.54. The first-order valence-electron chi connectivity index (χ1n) is 4.47. The molecule has 1 aliphatic heterocycles. The normalized spacial score (nSPS) is 36.3. The standard InChI is InChI=1S/C8H13F2N3/c9-8(10)2-1-5-3-13(7(11)12)4-6(5)8/h5-6H,1-4H2,(H3,11,12)/t5-,6-/m1/s1. The van der Waals surface area contributed by atoms with E-state index in [0.29, 0.717) is 13.0 Å². The smallest absolute Gasteiger partial charge is 0.252 e. The van der Waals surface area contributed by atoms with Gasteiger partial charge in [-0.15, -0.1) is 0 Å². The molecule has 2 fully saturated rings. The second-order valence-electron chi connectivity index (χ2n) is 3.96. The number of likely N-dealkylation sites (tertiary alicyclic amines) is 1. The maximum absolute atomic E-state index is 13.2. The van der Waals surface area contributed by atoms with Crippen LogP contribution in [0.15, 0.2) is 0 Å². The number of nitrogens with one attached hydrogen (secondary N) is 1. The number of rotatable bonds is 0. The molecule has 74 valence electrons. The Bertz CT molecular complexity index is 242. The molecule has 2 aliphatic rings. The highest BCUT2D eigenvalue weighted by atomic mass is 19.3. The van der Waals surface area contributed by atoms with Crippen molar-refractivity contribution in [3.63, 3.8) is 0 Å². The van der Waals surface area contributed by atoms with Crippen LogP contribution < -0.4 is 5.73 Å². The van der Waals surface area contributed by atoms with Crippen LogP contribution in [0.1, 0.15) is 12.8 Å². The number of hydrogen-bond acceptors (Lipinski definition) is 1. The number of fused-ring (bicyclic) bond motifs is 1. The lowest BCUT2D eigenvalue weighted by molar-refractivity contribution is -0.0380. The van der Waals surface area contributed by atoms with Crippen molar-refractivity contribution in [3.05, 3.63) is 0 Å². The van der Waals surface area contributed by atoms with Gasteiger partial charge in [0.05, 0.1) is 0 Å². The lowest BCUT2D eigenvalue weighted by Gasteiger charge is -2.19. The van der Waals surface area contributed by atoms with Crippen LogP contribution in [0.5, 0.6) is 0 Å². The Kier molecular flexibility index (Phi) is 1.72. The van der Waals surface area contributed by atoms with Gasteiger partial charge in [0.2, 0.25) is 0 Å². The quantitative estimate of drug-likeness (QED) is 0.438. The van der Waals surface area contributed by atoms with E-state index in [-0.39, 0.29) is 24.8 Å². The molecule has 0 radical (unpaired) electrons. The second kappa shape index (κ2) is 2.56. The molecule has 13 heavy (non-hydrogen) atoms. The van der Waals surface area contributed by atoms with Crippen LogP contribution in [0.4, 0.5) is 8.78 Å². The zero-order valence-electron chi connectivity index (χ0n) is 7.26. The Morgan fingerprint density at radius 2 is 2.15 bits per heavy atom. The first kappa shape index (κ1) is 8.72. The fraction of sp³-hybridized carbons (Fsp3) is 0.875. The molecule has 1 saturated heterocycles. The summed E-state index contributed by atoms with van der Waals surface area (Å²) in [5.74, 6) is -3.14. The minimum Gasteiger partial charge on any atom is -0.370 e. The zero-order valence-corrected chi connectivity index (χ0v) is 7.26. The van der Waals surface area contributed by atoms with Crippen molar-refractivity contribution < 1.29 is 8.78 Å². The number of alkyl halides is 2. The van der Waals surface area contributed by atoms with Gasteiger partial charge in [-0.2, -0.15) is 0 Å². The lowest BCUT2D eigenvalue weighted by atomic mass is 9.99. The largest absolute Gasteiger partial charge is 0.370 e. The van der Waals surface area contributed by atoms with Crippen LogP contribution >= 0.6 is 0 Å². The van der Waals surface area contributed by atoms with Gasteiger partial charge in [-0.3, -0.25) is 5.41 Å². The number of nitrogens with zero attached hydrogens (tertiary/aromatic N) is 1. The van der Waals surface area contributed by atoms with E-state index in [1.807, 2.05) is 0 Å². The van der Waals surface area contributed by atoms with Crippen LogP contribution in [0.2, 0.25) is 0 Å². The summed E-state index contributed by atoms with van der Waals surface area (Å²) in [6.07, 6.45) is 0.579. The van der Waals surface area contributed by atoms with Crippen molar-refractivity contribution in [2.75, 3.05) is 13.1 Å². The van der Waals surface area contributed by atoms with Crippen LogP contribution in [0, 0.1) is 17.2 Å². The van der Waals surface area contributed by atoms with Crippen LogP contribution in [0.25, 0.3) is 0 Å².